The minimum atomic E-state index is 0.0232. The van der Waals surface area contributed by atoms with Crippen molar-refractivity contribution in [2.45, 2.75) is 19.9 Å². The van der Waals surface area contributed by atoms with Crippen LogP contribution in [0.3, 0.4) is 0 Å². The van der Waals surface area contributed by atoms with E-state index in [-0.39, 0.29) is 5.91 Å². The minimum Gasteiger partial charge on any atom is -0.497 e. The zero-order chi connectivity index (χ0) is 17.9. The molecule has 0 aromatic heterocycles. The fourth-order valence-electron chi connectivity index (χ4n) is 2.38. The maximum absolute atomic E-state index is 11.8. The van der Waals surface area contributed by atoms with Crippen molar-refractivity contribution in [3.05, 3.63) is 59.7 Å². The quantitative estimate of drug-likeness (QED) is 0.652. The molecule has 0 heterocycles. The van der Waals surface area contributed by atoms with Crippen LogP contribution >= 0.6 is 0 Å². The van der Waals surface area contributed by atoms with Crippen molar-refractivity contribution in [1.82, 2.24) is 10.6 Å². The Balaban J connectivity index is 1.53. The predicted molar refractivity (Wildman–Crippen MR) is 99.0 cm³/mol. The van der Waals surface area contributed by atoms with Gasteiger partial charge < -0.3 is 20.1 Å². The van der Waals surface area contributed by atoms with Gasteiger partial charge in [0.15, 0.2) is 0 Å². The number of carbonyl (C=O) groups excluding carboxylic acids is 1. The number of aryl methyl sites for hydroxylation is 1. The summed E-state index contributed by atoms with van der Waals surface area (Å²) < 4.78 is 10.7. The summed E-state index contributed by atoms with van der Waals surface area (Å²) in [5, 5.41) is 6.14. The van der Waals surface area contributed by atoms with Gasteiger partial charge in [-0.2, -0.15) is 0 Å². The molecule has 134 valence electrons. The molecule has 0 spiro atoms. The molecule has 2 N–H and O–H groups in total. The maximum Gasteiger partial charge on any atom is 0.221 e. The largest absolute Gasteiger partial charge is 0.497 e. The number of rotatable bonds is 10. The second-order valence-electron chi connectivity index (χ2n) is 5.79. The minimum absolute atomic E-state index is 0.0232. The van der Waals surface area contributed by atoms with Gasteiger partial charge in [0.05, 0.1) is 13.7 Å². The third-order valence-electron chi connectivity index (χ3n) is 3.69. The monoisotopic (exact) mass is 342 g/mol. The van der Waals surface area contributed by atoms with Gasteiger partial charge in [-0.1, -0.05) is 29.8 Å². The van der Waals surface area contributed by atoms with E-state index in [2.05, 4.69) is 35.8 Å². The van der Waals surface area contributed by atoms with Crippen molar-refractivity contribution in [3.8, 4) is 11.5 Å². The van der Waals surface area contributed by atoms with Gasteiger partial charge in [0.25, 0.3) is 0 Å². The van der Waals surface area contributed by atoms with Gasteiger partial charge in [0.2, 0.25) is 5.91 Å². The third-order valence-corrected chi connectivity index (χ3v) is 3.69. The van der Waals surface area contributed by atoms with Crippen molar-refractivity contribution in [2.75, 3.05) is 26.8 Å². The first-order valence-corrected chi connectivity index (χ1v) is 8.47. The van der Waals surface area contributed by atoms with Crippen LogP contribution in [-0.2, 0) is 11.3 Å². The van der Waals surface area contributed by atoms with Crippen molar-refractivity contribution in [3.63, 3.8) is 0 Å². The molecule has 0 fully saturated rings. The van der Waals surface area contributed by atoms with E-state index >= 15 is 0 Å². The summed E-state index contributed by atoms with van der Waals surface area (Å²) in [7, 11) is 1.63. The number of hydrogen-bond acceptors (Lipinski definition) is 4. The Morgan fingerprint density at radius 2 is 1.80 bits per heavy atom. The number of hydrogen-bond donors (Lipinski definition) is 2. The van der Waals surface area contributed by atoms with Gasteiger partial charge in [-0.25, -0.2) is 0 Å². The SMILES string of the molecule is COc1ccc(OCCNC(=O)CCNCc2cccc(C)c2)cc1. The molecule has 5 nitrogen and oxygen atoms in total. The second kappa shape index (κ2) is 10.4. The Labute approximate surface area is 149 Å². The van der Waals surface area contributed by atoms with Gasteiger partial charge >= 0.3 is 0 Å². The molecule has 0 aliphatic heterocycles. The first-order valence-electron chi connectivity index (χ1n) is 8.47. The molecule has 0 bridgehead atoms. The smallest absolute Gasteiger partial charge is 0.221 e. The second-order valence-corrected chi connectivity index (χ2v) is 5.79. The fraction of sp³-hybridized carbons (Fsp3) is 0.350. The van der Waals surface area contributed by atoms with Gasteiger partial charge in [0, 0.05) is 19.5 Å². The van der Waals surface area contributed by atoms with E-state index in [0.717, 1.165) is 18.0 Å². The molecule has 25 heavy (non-hydrogen) atoms. The summed E-state index contributed by atoms with van der Waals surface area (Å²) >= 11 is 0. The van der Waals surface area contributed by atoms with Crippen LogP contribution in [0, 0.1) is 6.92 Å². The third kappa shape index (κ3) is 7.27. The van der Waals surface area contributed by atoms with Crippen LogP contribution in [0.2, 0.25) is 0 Å². The fourth-order valence-corrected chi connectivity index (χ4v) is 2.38. The van der Waals surface area contributed by atoms with E-state index in [1.165, 1.54) is 11.1 Å². The molecule has 0 saturated carbocycles. The molecule has 1 amide bonds. The number of amides is 1. The Kier molecular flexibility index (Phi) is 7.79. The van der Waals surface area contributed by atoms with Crippen molar-refractivity contribution >= 4 is 5.91 Å². The molecular formula is C20H26N2O3. The highest BCUT2D eigenvalue weighted by atomic mass is 16.5. The molecule has 5 heteroatoms. The van der Waals surface area contributed by atoms with E-state index in [1.807, 2.05) is 30.3 Å². The van der Waals surface area contributed by atoms with E-state index in [1.54, 1.807) is 7.11 Å². The number of carbonyl (C=O) groups is 1. The zero-order valence-electron chi connectivity index (χ0n) is 14.9. The lowest BCUT2D eigenvalue weighted by Gasteiger charge is -2.09. The normalized spacial score (nSPS) is 10.3. The highest BCUT2D eigenvalue weighted by Gasteiger charge is 2.01. The Bertz CT molecular complexity index is 656. The lowest BCUT2D eigenvalue weighted by Crippen LogP contribution is -2.30. The van der Waals surface area contributed by atoms with E-state index < -0.39 is 0 Å². The molecule has 2 rings (SSSR count). The number of nitrogens with one attached hydrogen (secondary N) is 2. The average Bonchev–Trinajstić information content (AvgIpc) is 2.63. The van der Waals surface area contributed by atoms with Gasteiger partial charge in [-0.15, -0.1) is 0 Å². The topological polar surface area (TPSA) is 59.6 Å². The molecule has 0 aliphatic carbocycles. The molecule has 2 aromatic rings. The molecule has 2 aromatic carbocycles. The highest BCUT2D eigenvalue weighted by Crippen LogP contribution is 2.16. The van der Waals surface area contributed by atoms with Crippen LogP contribution in [0.1, 0.15) is 17.5 Å². The number of benzene rings is 2. The Hall–Kier alpha value is -2.53. The van der Waals surface area contributed by atoms with Crippen LogP contribution < -0.4 is 20.1 Å². The molecule has 0 unspecified atom stereocenters. The summed E-state index contributed by atoms with van der Waals surface area (Å²) in [6.45, 7) is 4.43. The number of ether oxygens (including phenoxy) is 2. The van der Waals surface area contributed by atoms with E-state index in [4.69, 9.17) is 9.47 Å². The Morgan fingerprint density at radius 1 is 1.04 bits per heavy atom. The summed E-state index contributed by atoms with van der Waals surface area (Å²) in [4.78, 5) is 11.8. The van der Waals surface area contributed by atoms with Crippen molar-refractivity contribution in [1.29, 1.82) is 0 Å². The first-order chi connectivity index (χ1) is 12.2. The molecule has 0 atom stereocenters. The first kappa shape index (κ1) is 18.8. The van der Waals surface area contributed by atoms with Crippen molar-refractivity contribution < 1.29 is 14.3 Å². The van der Waals surface area contributed by atoms with E-state index in [0.29, 0.717) is 26.1 Å². The molecule has 0 saturated heterocycles. The van der Waals surface area contributed by atoms with Crippen LogP contribution in [0.25, 0.3) is 0 Å². The van der Waals surface area contributed by atoms with Crippen LogP contribution in [0.15, 0.2) is 48.5 Å². The Morgan fingerprint density at radius 3 is 2.52 bits per heavy atom. The summed E-state index contributed by atoms with van der Waals surface area (Å²) in [5.74, 6) is 1.57. The zero-order valence-corrected chi connectivity index (χ0v) is 14.9. The highest BCUT2D eigenvalue weighted by molar-refractivity contribution is 5.76. The summed E-state index contributed by atoms with van der Waals surface area (Å²) in [6, 6.07) is 15.7. The lowest BCUT2D eigenvalue weighted by molar-refractivity contribution is -0.121. The lowest BCUT2D eigenvalue weighted by atomic mass is 10.1. The van der Waals surface area contributed by atoms with Crippen LogP contribution in [0.4, 0.5) is 0 Å². The molecular weight excluding hydrogens is 316 g/mol. The van der Waals surface area contributed by atoms with Gasteiger partial charge in [-0.3, -0.25) is 4.79 Å². The van der Waals surface area contributed by atoms with Gasteiger partial charge in [0.1, 0.15) is 18.1 Å². The standard InChI is InChI=1S/C20H26N2O3/c1-16-4-3-5-17(14-16)15-21-11-10-20(23)22-12-13-25-19-8-6-18(24-2)7-9-19/h3-9,14,21H,10-13,15H2,1-2H3,(H,22,23). The van der Waals surface area contributed by atoms with Gasteiger partial charge in [-0.05, 0) is 36.8 Å². The summed E-state index contributed by atoms with van der Waals surface area (Å²) in [5.41, 5.74) is 2.47. The molecule has 0 aliphatic rings. The molecule has 0 radical (unpaired) electrons. The predicted octanol–water partition coefficient (Wildman–Crippen LogP) is 2.68. The maximum atomic E-state index is 11.8. The average molecular weight is 342 g/mol. The number of methoxy groups -OCH3 is 1. The van der Waals surface area contributed by atoms with Crippen LogP contribution in [0.5, 0.6) is 11.5 Å². The van der Waals surface area contributed by atoms with Crippen molar-refractivity contribution in [2.24, 2.45) is 0 Å². The summed E-state index contributed by atoms with van der Waals surface area (Å²) in [6.07, 6.45) is 0.453. The van der Waals surface area contributed by atoms with Crippen LogP contribution in [-0.4, -0.2) is 32.7 Å². The van der Waals surface area contributed by atoms with E-state index in [9.17, 15) is 4.79 Å².